The van der Waals surface area contributed by atoms with E-state index in [0.717, 1.165) is 6.20 Å². The zero-order valence-electron chi connectivity index (χ0n) is 15.0. The highest BCUT2D eigenvalue weighted by Gasteiger charge is 2.13. The number of aromatic nitrogens is 1. The highest BCUT2D eigenvalue weighted by atomic mass is 79.9. The smallest absolute Gasteiger partial charge is 0.344 e. The summed E-state index contributed by atoms with van der Waals surface area (Å²) >= 11 is 3.37. The maximum atomic E-state index is 11.5. The molecule has 0 amide bonds. The molecule has 0 bridgehead atoms. The van der Waals surface area contributed by atoms with E-state index in [1.165, 1.54) is 25.5 Å². The Kier molecular flexibility index (Phi) is 7.69. The van der Waals surface area contributed by atoms with E-state index in [1.54, 1.807) is 19.1 Å². The molecule has 1 aromatic heterocycles. The Morgan fingerprint density at radius 3 is 2.82 bits per heavy atom. The Morgan fingerprint density at radius 2 is 2.21 bits per heavy atom. The van der Waals surface area contributed by atoms with Crippen molar-refractivity contribution in [3.05, 3.63) is 50.6 Å². The van der Waals surface area contributed by atoms with Crippen LogP contribution in [-0.4, -0.2) is 42.4 Å². The molecule has 10 nitrogen and oxygen atoms in total. The number of ether oxygens (including phenoxy) is 3. The maximum absolute atomic E-state index is 11.5. The van der Waals surface area contributed by atoms with Gasteiger partial charge in [0, 0.05) is 6.07 Å². The molecule has 1 N–H and O–H groups in total. The molecular weight excluding hydrogens is 436 g/mol. The van der Waals surface area contributed by atoms with Gasteiger partial charge in [-0.25, -0.2) is 9.78 Å². The maximum Gasteiger partial charge on any atom is 0.344 e. The van der Waals surface area contributed by atoms with E-state index in [0.29, 0.717) is 27.4 Å². The van der Waals surface area contributed by atoms with E-state index in [4.69, 9.17) is 14.2 Å². The van der Waals surface area contributed by atoms with Gasteiger partial charge in [0.05, 0.1) is 29.3 Å². The van der Waals surface area contributed by atoms with Crippen molar-refractivity contribution in [3.8, 4) is 11.5 Å². The van der Waals surface area contributed by atoms with E-state index in [9.17, 15) is 14.9 Å². The summed E-state index contributed by atoms with van der Waals surface area (Å²) in [6, 6.07) is 6.15. The number of rotatable bonds is 9. The highest BCUT2D eigenvalue weighted by molar-refractivity contribution is 9.10. The highest BCUT2D eigenvalue weighted by Crippen LogP contribution is 2.36. The number of hydrazone groups is 1. The number of halogens is 1. The van der Waals surface area contributed by atoms with Gasteiger partial charge in [-0.05, 0) is 46.6 Å². The minimum Gasteiger partial charge on any atom is -0.493 e. The second kappa shape index (κ2) is 10.2. The molecule has 0 fully saturated rings. The number of nitro groups is 1. The van der Waals surface area contributed by atoms with E-state index in [2.05, 4.69) is 31.4 Å². The lowest BCUT2D eigenvalue weighted by Gasteiger charge is -2.13. The average Bonchev–Trinajstić information content (AvgIpc) is 2.67. The van der Waals surface area contributed by atoms with Gasteiger partial charge in [0.15, 0.2) is 18.1 Å². The predicted molar refractivity (Wildman–Crippen MR) is 105 cm³/mol. The fraction of sp³-hybridized carbons (Fsp3) is 0.235. The molecule has 1 heterocycles. The number of esters is 1. The summed E-state index contributed by atoms with van der Waals surface area (Å²) in [5.74, 6) is 0.621. The lowest BCUT2D eigenvalue weighted by atomic mass is 10.2. The van der Waals surface area contributed by atoms with Crippen molar-refractivity contribution in [3.63, 3.8) is 0 Å². The van der Waals surface area contributed by atoms with Crippen LogP contribution < -0.4 is 14.9 Å². The van der Waals surface area contributed by atoms with Crippen LogP contribution in [0, 0.1) is 10.1 Å². The van der Waals surface area contributed by atoms with E-state index >= 15 is 0 Å². The van der Waals surface area contributed by atoms with Crippen molar-refractivity contribution in [2.45, 2.75) is 6.92 Å². The molecular formula is C17H17BrN4O6. The summed E-state index contributed by atoms with van der Waals surface area (Å²) < 4.78 is 16.1. The van der Waals surface area contributed by atoms with Crippen LogP contribution in [-0.2, 0) is 9.53 Å². The topological polar surface area (TPSA) is 125 Å². The van der Waals surface area contributed by atoms with Crippen molar-refractivity contribution in [2.75, 3.05) is 25.7 Å². The first-order valence-electron chi connectivity index (χ1n) is 8.00. The molecule has 0 atom stereocenters. The molecule has 0 radical (unpaired) electrons. The van der Waals surface area contributed by atoms with Crippen molar-refractivity contribution < 1.29 is 23.9 Å². The SMILES string of the molecule is CCOC(=O)COc1c(Br)cc(/C=N/Nc2ccc([N+](=O)[O-])cn2)cc1OC. The third-order valence-corrected chi connectivity index (χ3v) is 3.83. The minimum atomic E-state index is -0.532. The molecule has 0 aliphatic carbocycles. The van der Waals surface area contributed by atoms with Crippen molar-refractivity contribution >= 4 is 39.6 Å². The van der Waals surface area contributed by atoms with Gasteiger partial charge in [-0.2, -0.15) is 5.10 Å². The third-order valence-electron chi connectivity index (χ3n) is 3.24. The third kappa shape index (κ3) is 5.91. The number of anilines is 1. The van der Waals surface area contributed by atoms with Crippen molar-refractivity contribution in [1.82, 2.24) is 4.98 Å². The van der Waals surface area contributed by atoms with Crippen LogP contribution in [0.5, 0.6) is 11.5 Å². The quantitative estimate of drug-likeness (QED) is 0.266. The van der Waals surface area contributed by atoms with Gasteiger partial charge < -0.3 is 14.2 Å². The largest absolute Gasteiger partial charge is 0.493 e. The fourth-order valence-electron chi connectivity index (χ4n) is 2.02. The standard InChI is InChI=1S/C17H17BrN4O6/c1-3-27-16(23)10-28-17-13(18)6-11(7-14(17)26-2)8-20-21-15-5-4-12(9-19-15)22(24)25/h4-9H,3,10H2,1-2H3,(H,19,21)/b20-8+. The molecule has 2 rings (SSSR count). The molecule has 2 aromatic rings. The zero-order chi connectivity index (χ0) is 20.5. The normalized spacial score (nSPS) is 10.5. The lowest BCUT2D eigenvalue weighted by molar-refractivity contribution is -0.385. The van der Waals surface area contributed by atoms with Crippen LogP contribution >= 0.6 is 15.9 Å². The summed E-state index contributed by atoms with van der Waals surface area (Å²) in [6.07, 6.45) is 2.64. The molecule has 0 saturated carbocycles. The van der Waals surface area contributed by atoms with Crippen LogP contribution in [0.1, 0.15) is 12.5 Å². The van der Waals surface area contributed by atoms with Crippen LogP contribution in [0.25, 0.3) is 0 Å². The monoisotopic (exact) mass is 452 g/mol. The molecule has 148 valence electrons. The fourth-order valence-corrected chi connectivity index (χ4v) is 2.60. The number of nitrogens with zero attached hydrogens (tertiary/aromatic N) is 3. The van der Waals surface area contributed by atoms with E-state index in [-0.39, 0.29) is 18.9 Å². The second-order valence-corrected chi connectivity index (χ2v) is 6.01. The van der Waals surface area contributed by atoms with Crippen LogP contribution in [0.15, 0.2) is 40.0 Å². The van der Waals surface area contributed by atoms with Crippen LogP contribution in [0.2, 0.25) is 0 Å². The number of benzene rings is 1. The van der Waals surface area contributed by atoms with Gasteiger partial charge >= 0.3 is 5.97 Å². The summed E-state index contributed by atoms with van der Waals surface area (Å²) in [5.41, 5.74) is 3.23. The molecule has 0 aliphatic rings. The first-order chi connectivity index (χ1) is 13.4. The number of carbonyl (C=O) groups excluding carboxylic acids is 1. The second-order valence-electron chi connectivity index (χ2n) is 5.16. The molecule has 0 unspecified atom stereocenters. The van der Waals surface area contributed by atoms with Gasteiger partial charge in [-0.15, -0.1) is 0 Å². The number of carbonyl (C=O) groups is 1. The van der Waals surface area contributed by atoms with Crippen LogP contribution in [0.3, 0.4) is 0 Å². The van der Waals surface area contributed by atoms with Crippen molar-refractivity contribution in [1.29, 1.82) is 0 Å². The first-order valence-corrected chi connectivity index (χ1v) is 8.79. The number of hydrogen-bond acceptors (Lipinski definition) is 9. The van der Waals surface area contributed by atoms with Gasteiger partial charge in [0.25, 0.3) is 5.69 Å². The van der Waals surface area contributed by atoms with Gasteiger partial charge in [-0.3, -0.25) is 15.5 Å². The zero-order valence-corrected chi connectivity index (χ0v) is 16.6. The molecule has 0 saturated heterocycles. The predicted octanol–water partition coefficient (Wildman–Crippen LogP) is 3.15. The van der Waals surface area contributed by atoms with E-state index < -0.39 is 10.9 Å². The Bertz CT molecular complexity index is 873. The van der Waals surface area contributed by atoms with Gasteiger partial charge in [-0.1, -0.05) is 0 Å². The van der Waals surface area contributed by atoms with Crippen molar-refractivity contribution in [2.24, 2.45) is 5.10 Å². The molecule has 1 aromatic carbocycles. The molecule has 0 aliphatic heterocycles. The molecule has 11 heteroatoms. The number of hydrogen-bond donors (Lipinski definition) is 1. The summed E-state index contributed by atoms with van der Waals surface area (Å²) in [4.78, 5) is 25.4. The number of nitrogens with one attached hydrogen (secondary N) is 1. The molecule has 0 spiro atoms. The molecule has 28 heavy (non-hydrogen) atoms. The Hall–Kier alpha value is -3.21. The van der Waals surface area contributed by atoms with Gasteiger partial charge in [0.2, 0.25) is 0 Å². The summed E-state index contributed by atoms with van der Waals surface area (Å²) in [6.45, 7) is 1.74. The first kappa shape index (κ1) is 21.1. The van der Waals surface area contributed by atoms with Crippen LogP contribution in [0.4, 0.5) is 11.5 Å². The minimum absolute atomic E-state index is 0.110. The number of methoxy groups -OCH3 is 1. The summed E-state index contributed by atoms with van der Waals surface area (Å²) in [7, 11) is 1.47. The Labute approximate surface area is 168 Å². The number of pyridine rings is 1. The Balaban J connectivity index is 2.07. The summed E-state index contributed by atoms with van der Waals surface area (Å²) in [5, 5.41) is 14.6. The average molecular weight is 453 g/mol. The van der Waals surface area contributed by atoms with Gasteiger partial charge in [0.1, 0.15) is 12.0 Å². The Morgan fingerprint density at radius 1 is 1.43 bits per heavy atom. The van der Waals surface area contributed by atoms with E-state index in [1.807, 2.05) is 0 Å². The lowest BCUT2D eigenvalue weighted by Crippen LogP contribution is -2.15.